The van der Waals surface area contributed by atoms with Crippen LogP contribution in [-0.4, -0.2) is 13.2 Å². The molecular formula is C15H17F2NOS. The van der Waals surface area contributed by atoms with Crippen molar-refractivity contribution in [2.45, 2.75) is 26.5 Å². The lowest BCUT2D eigenvalue weighted by Crippen LogP contribution is -2.22. The lowest BCUT2D eigenvalue weighted by Gasteiger charge is -2.20. The highest BCUT2D eigenvalue weighted by molar-refractivity contribution is 7.10. The first-order valence-electron chi connectivity index (χ1n) is 6.44. The highest BCUT2D eigenvalue weighted by Gasteiger charge is 2.19. The summed E-state index contributed by atoms with van der Waals surface area (Å²) in [7, 11) is 0. The first kappa shape index (κ1) is 14.9. The van der Waals surface area contributed by atoms with Gasteiger partial charge in [0.2, 0.25) is 0 Å². The van der Waals surface area contributed by atoms with E-state index in [1.807, 2.05) is 31.4 Å². The molecule has 5 heteroatoms. The first-order chi connectivity index (χ1) is 9.61. The highest BCUT2D eigenvalue weighted by atomic mass is 32.1. The Hall–Kier alpha value is -1.46. The molecule has 20 heavy (non-hydrogen) atoms. The van der Waals surface area contributed by atoms with E-state index in [1.54, 1.807) is 23.5 Å². The molecule has 1 unspecified atom stereocenters. The summed E-state index contributed by atoms with van der Waals surface area (Å²) in [6, 6.07) is 8.85. The van der Waals surface area contributed by atoms with Crippen molar-refractivity contribution in [1.82, 2.24) is 5.32 Å². The molecule has 0 aliphatic carbocycles. The minimum atomic E-state index is -2.82. The average molecular weight is 297 g/mol. The Bertz CT molecular complexity index is 556. The van der Waals surface area contributed by atoms with E-state index in [0.717, 1.165) is 17.7 Å². The zero-order valence-corrected chi connectivity index (χ0v) is 12.2. The van der Waals surface area contributed by atoms with Crippen molar-refractivity contribution >= 4 is 11.3 Å². The fourth-order valence-electron chi connectivity index (χ4n) is 2.15. The van der Waals surface area contributed by atoms with Crippen molar-refractivity contribution in [1.29, 1.82) is 0 Å². The van der Waals surface area contributed by atoms with E-state index in [2.05, 4.69) is 16.1 Å². The molecule has 2 nitrogen and oxygen atoms in total. The third-order valence-corrected chi connectivity index (χ3v) is 3.82. The molecule has 1 heterocycles. The Morgan fingerprint density at radius 1 is 1.30 bits per heavy atom. The molecule has 0 saturated carbocycles. The Kier molecular flexibility index (Phi) is 5.09. The number of hydrogen-bond acceptors (Lipinski definition) is 3. The SMILES string of the molecule is CCNC(c1csc(C)c1)c1ccccc1OC(F)F. The van der Waals surface area contributed by atoms with Gasteiger partial charge >= 0.3 is 6.61 Å². The van der Waals surface area contributed by atoms with Crippen LogP contribution in [0, 0.1) is 6.92 Å². The van der Waals surface area contributed by atoms with Gasteiger partial charge in [0.15, 0.2) is 0 Å². The topological polar surface area (TPSA) is 21.3 Å². The second-order valence-electron chi connectivity index (χ2n) is 4.40. The van der Waals surface area contributed by atoms with Crippen molar-refractivity contribution in [3.63, 3.8) is 0 Å². The van der Waals surface area contributed by atoms with E-state index in [1.165, 1.54) is 4.88 Å². The number of aryl methyl sites for hydroxylation is 1. The van der Waals surface area contributed by atoms with E-state index in [-0.39, 0.29) is 11.8 Å². The predicted octanol–water partition coefficient (Wildman–Crippen LogP) is 4.36. The van der Waals surface area contributed by atoms with Crippen LogP contribution in [0.5, 0.6) is 5.75 Å². The number of rotatable bonds is 6. The first-order valence-corrected chi connectivity index (χ1v) is 7.32. The van der Waals surface area contributed by atoms with Crippen LogP contribution in [0.2, 0.25) is 0 Å². The number of nitrogens with one attached hydrogen (secondary N) is 1. The fourth-order valence-corrected chi connectivity index (χ4v) is 2.88. The normalized spacial score (nSPS) is 12.7. The molecule has 0 bridgehead atoms. The molecule has 1 N–H and O–H groups in total. The maximum absolute atomic E-state index is 12.5. The Labute approximate surface area is 121 Å². The number of benzene rings is 1. The highest BCUT2D eigenvalue weighted by Crippen LogP contribution is 2.32. The van der Waals surface area contributed by atoms with Crippen LogP contribution in [0.1, 0.15) is 29.0 Å². The quantitative estimate of drug-likeness (QED) is 0.855. The molecule has 0 amide bonds. The maximum Gasteiger partial charge on any atom is 0.387 e. The molecular weight excluding hydrogens is 280 g/mol. The fraction of sp³-hybridized carbons (Fsp3) is 0.333. The van der Waals surface area contributed by atoms with Gasteiger partial charge in [0.05, 0.1) is 6.04 Å². The smallest absolute Gasteiger partial charge is 0.387 e. The zero-order chi connectivity index (χ0) is 14.5. The summed E-state index contributed by atoms with van der Waals surface area (Å²) in [4.78, 5) is 1.19. The van der Waals surface area contributed by atoms with E-state index in [4.69, 9.17) is 0 Å². The van der Waals surface area contributed by atoms with Gasteiger partial charge in [-0.3, -0.25) is 0 Å². The molecule has 0 saturated heterocycles. The Morgan fingerprint density at radius 2 is 2.05 bits per heavy atom. The molecule has 1 aromatic heterocycles. The van der Waals surface area contributed by atoms with Crippen molar-refractivity contribution in [2.75, 3.05) is 6.54 Å². The number of halogens is 2. The monoisotopic (exact) mass is 297 g/mol. The Morgan fingerprint density at radius 3 is 2.65 bits per heavy atom. The van der Waals surface area contributed by atoms with Crippen molar-refractivity contribution in [3.8, 4) is 5.75 Å². The molecule has 2 rings (SSSR count). The summed E-state index contributed by atoms with van der Waals surface area (Å²) in [5, 5.41) is 5.37. The average Bonchev–Trinajstić information content (AvgIpc) is 2.83. The summed E-state index contributed by atoms with van der Waals surface area (Å²) in [6.45, 7) is 1.94. The number of para-hydroxylation sites is 1. The zero-order valence-electron chi connectivity index (χ0n) is 11.4. The summed E-state index contributed by atoms with van der Waals surface area (Å²) in [5.74, 6) is 0.220. The van der Waals surface area contributed by atoms with Gasteiger partial charge in [0.25, 0.3) is 0 Å². The summed E-state index contributed by atoms with van der Waals surface area (Å²) >= 11 is 1.64. The van der Waals surface area contributed by atoms with Gasteiger partial charge in [0.1, 0.15) is 5.75 Å². The van der Waals surface area contributed by atoms with E-state index in [9.17, 15) is 8.78 Å². The molecule has 0 spiro atoms. The van der Waals surface area contributed by atoms with Crippen molar-refractivity contribution in [3.05, 3.63) is 51.7 Å². The van der Waals surface area contributed by atoms with E-state index in [0.29, 0.717) is 0 Å². The van der Waals surface area contributed by atoms with Gasteiger partial charge in [-0.25, -0.2) is 0 Å². The van der Waals surface area contributed by atoms with Gasteiger partial charge in [0, 0.05) is 10.4 Å². The van der Waals surface area contributed by atoms with Gasteiger partial charge in [-0.1, -0.05) is 25.1 Å². The number of ether oxygens (including phenoxy) is 1. The largest absolute Gasteiger partial charge is 0.434 e. The summed E-state index contributed by atoms with van der Waals surface area (Å²) < 4.78 is 29.7. The van der Waals surface area contributed by atoms with Crippen LogP contribution in [0.3, 0.4) is 0 Å². The van der Waals surface area contributed by atoms with Crippen LogP contribution in [0.4, 0.5) is 8.78 Å². The van der Waals surface area contributed by atoms with Gasteiger partial charge in [-0.15, -0.1) is 11.3 Å². The van der Waals surface area contributed by atoms with Crippen LogP contribution in [0.25, 0.3) is 0 Å². The van der Waals surface area contributed by atoms with E-state index >= 15 is 0 Å². The lowest BCUT2D eigenvalue weighted by atomic mass is 10.00. The second-order valence-corrected chi connectivity index (χ2v) is 5.51. The van der Waals surface area contributed by atoms with Gasteiger partial charge in [-0.05, 0) is 36.5 Å². The van der Waals surface area contributed by atoms with Crippen LogP contribution >= 0.6 is 11.3 Å². The van der Waals surface area contributed by atoms with Gasteiger partial charge in [-0.2, -0.15) is 8.78 Å². The third-order valence-electron chi connectivity index (χ3n) is 2.94. The van der Waals surface area contributed by atoms with E-state index < -0.39 is 6.61 Å². The lowest BCUT2D eigenvalue weighted by molar-refractivity contribution is -0.0506. The number of thiophene rings is 1. The predicted molar refractivity (Wildman–Crippen MR) is 77.6 cm³/mol. The minimum Gasteiger partial charge on any atom is -0.434 e. The maximum atomic E-state index is 12.5. The molecule has 1 aromatic carbocycles. The molecule has 0 aliphatic heterocycles. The third kappa shape index (κ3) is 3.55. The molecule has 2 aromatic rings. The van der Waals surface area contributed by atoms with Gasteiger partial charge < -0.3 is 10.1 Å². The summed E-state index contributed by atoms with van der Waals surface area (Å²) in [5.41, 5.74) is 1.80. The molecule has 0 radical (unpaired) electrons. The standard InChI is InChI=1S/C15H17F2NOS/c1-3-18-14(11-8-10(2)20-9-11)12-6-4-5-7-13(12)19-15(16)17/h4-9,14-15,18H,3H2,1-2H3. The molecule has 0 aliphatic rings. The van der Waals surface area contributed by atoms with Crippen molar-refractivity contribution < 1.29 is 13.5 Å². The Balaban J connectivity index is 2.38. The second kappa shape index (κ2) is 6.81. The van der Waals surface area contributed by atoms with Crippen LogP contribution in [-0.2, 0) is 0 Å². The molecule has 1 atom stereocenters. The van der Waals surface area contributed by atoms with Crippen LogP contribution in [0.15, 0.2) is 35.7 Å². The van der Waals surface area contributed by atoms with Crippen molar-refractivity contribution in [2.24, 2.45) is 0 Å². The number of alkyl halides is 2. The molecule has 0 fully saturated rings. The number of hydrogen-bond donors (Lipinski definition) is 1. The molecule has 108 valence electrons. The van der Waals surface area contributed by atoms with Crippen LogP contribution < -0.4 is 10.1 Å². The minimum absolute atomic E-state index is 0.139. The summed E-state index contributed by atoms with van der Waals surface area (Å²) in [6.07, 6.45) is 0.